The van der Waals surface area contributed by atoms with Crippen LogP contribution in [0.25, 0.3) is 0 Å². The second-order valence-electron chi connectivity index (χ2n) is 5.73. The van der Waals surface area contributed by atoms with Gasteiger partial charge in [0.05, 0.1) is 7.11 Å². The lowest BCUT2D eigenvalue weighted by Gasteiger charge is -2.23. The van der Waals surface area contributed by atoms with E-state index >= 15 is 0 Å². The van der Waals surface area contributed by atoms with Crippen molar-refractivity contribution < 1.29 is 4.74 Å². The lowest BCUT2D eigenvalue weighted by atomic mass is 10.1. The highest BCUT2D eigenvalue weighted by Crippen LogP contribution is 2.11. The molecule has 0 aromatic heterocycles. The van der Waals surface area contributed by atoms with Gasteiger partial charge < -0.3 is 15.4 Å². The molecule has 0 aliphatic heterocycles. The van der Waals surface area contributed by atoms with Crippen molar-refractivity contribution in [3.05, 3.63) is 29.8 Å². The van der Waals surface area contributed by atoms with Gasteiger partial charge in [0, 0.05) is 18.6 Å². The van der Waals surface area contributed by atoms with E-state index in [9.17, 15) is 0 Å². The lowest BCUT2D eigenvalue weighted by molar-refractivity contribution is 0.414. The van der Waals surface area contributed by atoms with E-state index in [4.69, 9.17) is 4.74 Å². The lowest BCUT2D eigenvalue weighted by Crippen LogP contribution is -2.47. The average molecular weight is 277 g/mol. The largest absolute Gasteiger partial charge is 0.497 e. The zero-order valence-corrected chi connectivity index (χ0v) is 13.3. The first-order valence-electron chi connectivity index (χ1n) is 7.14. The molecule has 112 valence electrons. The molecule has 20 heavy (non-hydrogen) atoms. The number of methoxy groups -OCH3 is 1. The highest BCUT2D eigenvalue weighted by Gasteiger charge is 2.11. The molecule has 0 aliphatic rings. The van der Waals surface area contributed by atoms with Gasteiger partial charge in [-0.25, -0.2) is 0 Å². The zero-order chi connectivity index (χ0) is 15.0. The maximum absolute atomic E-state index is 5.15. The van der Waals surface area contributed by atoms with Crippen molar-refractivity contribution in [1.82, 2.24) is 10.6 Å². The highest BCUT2D eigenvalue weighted by atomic mass is 16.5. The fraction of sp³-hybridized carbons (Fsp3) is 0.562. The van der Waals surface area contributed by atoms with Gasteiger partial charge in [-0.05, 0) is 51.8 Å². The van der Waals surface area contributed by atoms with E-state index in [-0.39, 0.29) is 5.54 Å². The Morgan fingerprint density at radius 3 is 2.35 bits per heavy atom. The van der Waals surface area contributed by atoms with Crippen LogP contribution in [0.2, 0.25) is 0 Å². The molecule has 0 radical (unpaired) electrons. The first-order chi connectivity index (χ1) is 9.44. The molecule has 0 aliphatic carbocycles. The second kappa shape index (κ2) is 7.78. The molecule has 0 heterocycles. The summed E-state index contributed by atoms with van der Waals surface area (Å²) in [5.74, 6) is 1.76. The van der Waals surface area contributed by atoms with Crippen LogP contribution in [0, 0.1) is 0 Å². The molecule has 1 aromatic carbocycles. The van der Waals surface area contributed by atoms with Gasteiger partial charge in [0.1, 0.15) is 5.75 Å². The summed E-state index contributed by atoms with van der Waals surface area (Å²) in [5, 5.41) is 6.64. The maximum Gasteiger partial charge on any atom is 0.191 e. The number of hydrogen-bond acceptors (Lipinski definition) is 2. The van der Waals surface area contributed by atoms with Crippen LogP contribution in [0.5, 0.6) is 5.75 Å². The molecule has 0 fully saturated rings. The summed E-state index contributed by atoms with van der Waals surface area (Å²) >= 11 is 0. The third kappa shape index (κ3) is 6.45. The number of ether oxygens (including phenoxy) is 1. The number of rotatable bonds is 5. The summed E-state index contributed by atoms with van der Waals surface area (Å²) in [6.45, 7) is 10.1. The average Bonchev–Trinajstić information content (AvgIpc) is 2.38. The number of nitrogens with zero attached hydrogens (tertiary/aromatic N) is 1. The molecule has 0 spiro atoms. The Labute approximate surface area is 122 Å². The molecule has 0 unspecified atom stereocenters. The summed E-state index contributed by atoms with van der Waals surface area (Å²) in [4.78, 5) is 4.60. The topological polar surface area (TPSA) is 45.7 Å². The van der Waals surface area contributed by atoms with Gasteiger partial charge in [0.2, 0.25) is 0 Å². The Bertz CT molecular complexity index is 418. The Hall–Kier alpha value is -1.71. The van der Waals surface area contributed by atoms with E-state index in [1.807, 2.05) is 12.1 Å². The minimum absolute atomic E-state index is 0.0150. The molecule has 0 saturated heterocycles. The molecule has 0 atom stereocenters. The van der Waals surface area contributed by atoms with Crippen molar-refractivity contribution in [2.75, 3.05) is 20.2 Å². The summed E-state index contributed by atoms with van der Waals surface area (Å²) in [6, 6.07) is 8.13. The smallest absolute Gasteiger partial charge is 0.191 e. The van der Waals surface area contributed by atoms with Crippen LogP contribution in [0.15, 0.2) is 29.3 Å². The normalized spacial score (nSPS) is 12.2. The third-order valence-corrected chi connectivity index (χ3v) is 2.67. The van der Waals surface area contributed by atoms with Crippen LogP contribution in [-0.4, -0.2) is 31.7 Å². The summed E-state index contributed by atoms with van der Waals surface area (Å²) in [6.07, 6.45) is 0.921. The van der Waals surface area contributed by atoms with Crippen molar-refractivity contribution in [3.63, 3.8) is 0 Å². The molecule has 4 heteroatoms. The first kappa shape index (κ1) is 16.3. The van der Waals surface area contributed by atoms with Crippen LogP contribution in [0.3, 0.4) is 0 Å². The quantitative estimate of drug-likeness (QED) is 0.642. The van der Waals surface area contributed by atoms with Gasteiger partial charge >= 0.3 is 0 Å². The first-order valence-corrected chi connectivity index (χ1v) is 7.14. The summed E-state index contributed by atoms with van der Waals surface area (Å²) in [7, 11) is 1.68. The van der Waals surface area contributed by atoms with Gasteiger partial charge in [-0.3, -0.25) is 4.99 Å². The molecule has 1 aromatic rings. The maximum atomic E-state index is 5.15. The highest BCUT2D eigenvalue weighted by molar-refractivity contribution is 5.80. The number of nitrogens with one attached hydrogen (secondary N) is 2. The molecule has 0 saturated carbocycles. The van der Waals surface area contributed by atoms with Crippen molar-refractivity contribution in [1.29, 1.82) is 0 Å². The van der Waals surface area contributed by atoms with Crippen LogP contribution in [0.4, 0.5) is 0 Å². The predicted molar refractivity (Wildman–Crippen MR) is 85.6 cm³/mol. The third-order valence-electron chi connectivity index (χ3n) is 2.67. The van der Waals surface area contributed by atoms with Gasteiger partial charge in [-0.15, -0.1) is 0 Å². The van der Waals surface area contributed by atoms with Crippen LogP contribution < -0.4 is 15.4 Å². The molecule has 0 bridgehead atoms. The van der Waals surface area contributed by atoms with E-state index < -0.39 is 0 Å². The van der Waals surface area contributed by atoms with E-state index in [0.29, 0.717) is 0 Å². The minimum Gasteiger partial charge on any atom is -0.497 e. The van der Waals surface area contributed by atoms with Crippen LogP contribution in [-0.2, 0) is 6.42 Å². The van der Waals surface area contributed by atoms with Crippen molar-refractivity contribution in [3.8, 4) is 5.75 Å². The van der Waals surface area contributed by atoms with E-state index in [2.05, 4.69) is 55.5 Å². The monoisotopic (exact) mass is 277 g/mol. The number of guanidine groups is 1. The van der Waals surface area contributed by atoms with Crippen molar-refractivity contribution in [2.24, 2.45) is 4.99 Å². The molecular formula is C16H27N3O. The van der Waals surface area contributed by atoms with Crippen LogP contribution >= 0.6 is 0 Å². The molecule has 0 amide bonds. The SMILES string of the molecule is CCNC(=NCCc1ccc(OC)cc1)NC(C)(C)C. The Morgan fingerprint density at radius 2 is 1.85 bits per heavy atom. The van der Waals surface area contributed by atoms with E-state index in [1.165, 1.54) is 5.56 Å². The van der Waals surface area contributed by atoms with Gasteiger partial charge in [0.25, 0.3) is 0 Å². The zero-order valence-electron chi connectivity index (χ0n) is 13.3. The number of hydrogen-bond donors (Lipinski definition) is 2. The fourth-order valence-electron chi connectivity index (χ4n) is 1.75. The molecular weight excluding hydrogens is 250 g/mol. The standard InChI is InChI=1S/C16H27N3O/c1-6-17-15(19-16(2,3)4)18-12-11-13-7-9-14(20-5)10-8-13/h7-10H,6,11-12H2,1-5H3,(H2,17,18,19). The molecule has 1 rings (SSSR count). The molecule has 4 nitrogen and oxygen atoms in total. The fourth-order valence-corrected chi connectivity index (χ4v) is 1.75. The predicted octanol–water partition coefficient (Wildman–Crippen LogP) is 2.59. The second-order valence-corrected chi connectivity index (χ2v) is 5.73. The Balaban J connectivity index is 2.54. The Kier molecular flexibility index (Phi) is 6.36. The number of benzene rings is 1. The number of aliphatic imine (C=N–C) groups is 1. The van der Waals surface area contributed by atoms with Gasteiger partial charge in [-0.1, -0.05) is 12.1 Å². The van der Waals surface area contributed by atoms with Gasteiger partial charge in [-0.2, -0.15) is 0 Å². The minimum atomic E-state index is 0.0150. The molecule has 2 N–H and O–H groups in total. The van der Waals surface area contributed by atoms with Crippen molar-refractivity contribution in [2.45, 2.75) is 39.7 Å². The summed E-state index contributed by atoms with van der Waals surface area (Å²) in [5.41, 5.74) is 1.28. The van der Waals surface area contributed by atoms with Crippen LogP contribution in [0.1, 0.15) is 33.3 Å². The van der Waals surface area contributed by atoms with Gasteiger partial charge in [0.15, 0.2) is 5.96 Å². The summed E-state index contributed by atoms with van der Waals surface area (Å²) < 4.78 is 5.15. The van der Waals surface area contributed by atoms with E-state index in [0.717, 1.165) is 31.2 Å². The Morgan fingerprint density at radius 1 is 1.20 bits per heavy atom. The van der Waals surface area contributed by atoms with E-state index in [1.54, 1.807) is 7.11 Å². The van der Waals surface area contributed by atoms with Crippen molar-refractivity contribution >= 4 is 5.96 Å².